The van der Waals surface area contributed by atoms with Crippen molar-refractivity contribution in [1.29, 1.82) is 0 Å². The highest BCUT2D eigenvalue weighted by Crippen LogP contribution is 2.48. The zero-order valence-corrected chi connectivity index (χ0v) is 12.5. The second-order valence-corrected chi connectivity index (χ2v) is 6.33. The molecule has 0 spiro atoms. The molecule has 0 aromatic carbocycles. The Labute approximate surface area is 118 Å². The molecule has 0 aromatic heterocycles. The van der Waals surface area contributed by atoms with Crippen molar-refractivity contribution < 1.29 is 4.74 Å². The smallest absolute Gasteiger partial charge is 0.0593 e. The van der Waals surface area contributed by atoms with E-state index in [2.05, 4.69) is 17.7 Å². The van der Waals surface area contributed by atoms with Gasteiger partial charge in [0, 0.05) is 18.6 Å². The Morgan fingerprint density at radius 2 is 2.00 bits per heavy atom. The van der Waals surface area contributed by atoms with Gasteiger partial charge in [0.15, 0.2) is 0 Å². The maximum Gasteiger partial charge on any atom is 0.0593 e. The Kier molecular flexibility index (Phi) is 5.73. The fourth-order valence-corrected chi connectivity index (χ4v) is 3.04. The highest BCUT2D eigenvalue weighted by molar-refractivity contribution is 5.14. The molecular formula is C17H29NO. The highest BCUT2D eigenvalue weighted by atomic mass is 16.5. The number of ether oxygens (including phenoxy) is 1. The van der Waals surface area contributed by atoms with Gasteiger partial charge in [0.1, 0.15) is 0 Å². The van der Waals surface area contributed by atoms with Crippen LogP contribution in [0.15, 0.2) is 0 Å². The Morgan fingerprint density at radius 3 is 2.58 bits per heavy atom. The first-order valence-corrected chi connectivity index (χ1v) is 8.06. The summed E-state index contributed by atoms with van der Waals surface area (Å²) in [5, 5.41) is 0. The van der Waals surface area contributed by atoms with Gasteiger partial charge < -0.3 is 9.64 Å². The van der Waals surface area contributed by atoms with Crippen molar-refractivity contribution in [3.63, 3.8) is 0 Å². The van der Waals surface area contributed by atoms with Crippen molar-refractivity contribution in [2.75, 3.05) is 32.8 Å². The molecule has 0 atom stereocenters. The van der Waals surface area contributed by atoms with E-state index in [4.69, 9.17) is 11.2 Å². The van der Waals surface area contributed by atoms with Gasteiger partial charge in [-0.25, -0.2) is 0 Å². The normalized spacial score (nSPS) is 23.2. The van der Waals surface area contributed by atoms with Crippen molar-refractivity contribution in [2.45, 2.75) is 51.9 Å². The molecule has 1 aliphatic carbocycles. The van der Waals surface area contributed by atoms with Crippen LogP contribution in [0.3, 0.4) is 0 Å². The van der Waals surface area contributed by atoms with E-state index in [1.165, 1.54) is 45.2 Å². The van der Waals surface area contributed by atoms with E-state index >= 15 is 0 Å². The highest BCUT2D eigenvalue weighted by Gasteiger charge is 2.39. The van der Waals surface area contributed by atoms with Crippen LogP contribution in [0.2, 0.25) is 0 Å². The second kappa shape index (κ2) is 7.31. The number of hydrogen-bond acceptors (Lipinski definition) is 2. The minimum atomic E-state index is 0.269. The van der Waals surface area contributed by atoms with Crippen molar-refractivity contribution >= 4 is 0 Å². The van der Waals surface area contributed by atoms with Gasteiger partial charge in [0.25, 0.3) is 0 Å². The molecule has 0 amide bonds. The lowest BCUT2D eigenvalue weighted by atomic mass is 9.94. The van der Waals surface area contributed by atoms with Crippen LogP contribution in [0.25, 0.3) is 0 Å². The fraction of sp³-hybridized carbons (Fsp3) is 0.882. The fourth-order valence-electron chi connectivity index (χ4n) is 3.04. The van der Waals surface area contributed by atoms with Crippen LogP contribution >= 0.6 is 0 Å². The summed E-state index contributed by atoms with van der Waals surface area (Å²) >= 11 is 0. The molecule has 0 unspecified atom stereocenters. The second-order valence-electron chi connectivity index (χ2n) is 6.33. The maximum atomic E-state index is 5.75. The summed E-state index contributed by atoms with van der Waals surface area (Å²) in [6, 6.07) is 0. The Hall–Kier alpha value is -0.520. The summed E-state index contributed by atoms with van der Waals surface area (Å²) in [6.45, 7) is 7.72. The first kappa shape index (κ1) is 14.9. The van der Waals surface area contributed by atoms with E-state index in [0.717, 1.165) is 38.5 Å². The zero-order chi connectivity index (χ0) is 13.6. The number of hydrogen-bond donors (Lipinski definition) is 0. The molecule has 0 radical (unpaired) electrons. The molecule has 0 aromatic rings. The lowest BCUT2D eigenvalue weighted by Gasteiger charge is -2.31. The quantitative estimate of drug-likeness (QED) is 0.492. The third-order valence-electron chi connectivity index (χ3n) is 4.94. The van der Waals surface area contributed by atoms with E-state index in [9.17, 15) is 0 Å². The van der Waals surface area contributed by atoms with Crippen molar-refractivity contribution in [3.05, 3.63) is 0 Å². The molecule has 108 valence electrons. The average Bonchev–Trinajstić information content (AvgIpc) is 3.24. The number of likely N-dealkylation sites (tertiary alicyclic amines) is 1. The molecule has 2 aliphatic rings. The van der Waals surface area contributed by atoms with Crippen LogP contribution in [-0.4, -0.2) is 37.7 Å². The predicted octanol–water partition coefficient (Wildman–Crippen LogP) is 3.32. The molecule has 0 N–H and O–H groups in total. The van der Waals surface area contributed by atoms with Crippen molar-refractivity contribution in [3.8, 4) is 12.3 Å². The van der Waals surface area contributed by atoms with Crippen LogP contribution in [0.4, 0.5) is 0 Å². The lowest BCUT2D eigenvalue weighted by molar-refractivity contribution is 0.0846. The predicted molar refractivity (Wildman–Crippen MR) is 80.0 cm³/mol. The number of nitrogens with zero attached hydrogens (tertiary/aromatic N) is 1. The number of rotatable bonds is 8. The van der Waals surface area contributed by atoms with Gasteiger partial charge >= 0.3 is 0 Å². The summed E-state index contributed by atoms with van der Waals surface area (Å²) in [5.41, 5.74) is 0.269. The minimum Gasteiger partial charge on any atom is -0.380 e. The molecule has 2 fully saturated rings. The number of piperidine rings is 1. The lowest BCUT2D eigenvalue weighted by Crippen LogP contribution is -2.35. The monoisotopic (exact) mass is 263 g/mol. The van der Waals surface area contributed by atoms with E-state index in [1.54, 1.807) is 0 Å². The third-order valence-corrected chi connectivity index (χ3v) is 4.94. The first-order chi connectivity index (χ1) is 9.28. The third kappa shape index (κ3) is 4.82. The van der Waals surface area contributed by atoms with Crippen LogP contribution < -0.4 is 0 Å². The molecule has 0 bridgehead atoms. The van der Waals surface area contributed by atoms with E-state index in [1.807, 2.05) is 0 Å². The van der Waals surface area contributed by atoms with Crippen LogP contribution in [-0.2, 0) is 4.74 Å². The molecule has 1 saturated carbocycles. The van der Waals surface area contributed by atoms with Crippen molar-refractivity contribution in [1.82, 2.24) is 4.90 Å². The first-order valence-electron chi connectivity index (χ1n) is 8.06. The SMILES string of the molecule is C#CC1(CCCOCCN2CCC(CC)CC2)CC1. The molecule has 2 rings (SSSR count). The average molecular weight is 263 g/mol. The van der Waals surface area contributed by atoms with Gasteiger partial charge in [-0.1, -0.05) is 19.3 Å². The summed E-state index contributed by atoms with van der Waals surface area (Å²) in [4.78, 5) is 2.55. The van der Waals surface area contributed by atoms with Gasteiger partial charge in [0.2, 0.25) is 0 Å². The van der Waals surface area contributed by atoms with Gasteiger partial charge in [-0.3, -0.25) is 0 Å². The van der Waals surface area contributed by atoms with Crippen LogP contribution in [0.1, 0.15) is 51.9 Å². The molecular weight excluding hydrogens is 234 g/mol. The molecule has 2 heteroatoms. The minimum absolute atomic E-state index is 0.269. The summed E-state index contributed by atoms with van der Waals surface area (Å²) < 4.78 is 5.75. The van der Waals surface area contributed by atoms with E-state index in [0.29, 0.717) is 0 Å². The Balaban J connectivity index is 1.43. The topological polar surface area (TPSA) is 12.5 Å². The zero-order valence-electron chi connectivity index (χ0n) is 12.5. The van der Waals surface area contributed by atoms with Gasteiger partial charge in [-0.15, -0.1) is 6.42 Å². The molecule has 2 nitrogen and oxygen atoms in total. The number of terminal acetylenes is 1. The van der Waals surface area contributed by atoms with Crippen molar-refractivity contribution in [2.24, 2.45) is 11.3 Å². The summed E-state index contributed by atoms with van der Waals surface area (Å²) in [6.07, 6.45) is 14.4. The van der Waals surface area contributed by atoms with Gasteiger partial charge in [0.05, 0.1) is 6.61 Å². The summed E-state index contributed by atoms with van der Waals surface area (Å²) in [5.74, 6) is 3.91. The Morgan fingerprint density at radius 1 is 1.26 bits per heavy atom. The van der Waals surface area contributed by atoms with E-state index in [-0.39, 0.29) is 5.41 Å². The molecule has 1 saturated heterocycles. The van der Waals surface area contributed by atoms with Crippen LogP contribution in [0.5, 0.6) is 0 Å². The maximum absolute atomic E-state index is 5.75. The van der Waals surface area contributed by atoms with Gasteiger partial charge in [-0.05, 0) is 57.5 Å². The largest absolute Gasteiger partial charge is 0.380 e. The summed E-state index contributed by atoms with van der Waals surface area (Å²) in [7, 11) is 0. The van der Waals surface area contributed by atoms with Crippen LogP contribution in [0, 0.1) is 23.7 Å². The van der Waals surface area contributed by atoms with Gasteiger partial charge in [-0.2, -0.15) is 0 Å². The standard InChI is InChI=1S/C17H29NO/c1-3-16-6-11-18(12-7-16)13-15-19-14-5-8-17(4-2)9-10-17/h2,16H,3,5-15H2,1H3. The molecule has 1 heterocycles. The van der Waals surface area contributed by atoms with E-state index < -0.39 is 0 Å². The Bertz CT molecular complexity index is 295. The molecule has 1 aliphatic heterocycles. The molecule has 19 heavy (non-hydrogen) atoms.